The van der Waals surface area contributed by atoms with Gasteiger partial charge in [-0.1, -0.05) is 0 Å². The van der Waals surface area contributed by atoms with Gasteiger partial charge >= 0.3 is 0 Å². The Labute approximate surface area is 125 Å². The summed E-state index contributed by atoms with van der Waals surface area (Å²) >= 11 is 2.12. The topological polar surface area (TPSA) is 81.3 Å². The Morgan fingerprint density at radius 1 is 1.37 bits per heavy atom. The van der Waals surface area contributed by atoms with Gasteiger partial charge in [0.1, 0.15) is 5.82 Å². The maximum atomic E-state index is 9.67. The highest BCUT2D eigenvalue weighted by Crippen LogP contribution is 2.31. The third-order valence-corrected chi connectivity index (χ3v) is 3.89. The zero-order valence-corrected chi connectivity index (χ0v) is 12.8. The van der Waals surface area contributed by atoms with Crippen LogP contribution in [0.25, 0.3) is 11.4 Å². The molecule has 0 atom stereocenters. The lowest BCUT2D eigenvalue weighted by Crippen LogP contribution is -2.02. The summed E-state index contributed by atoms with van der Waals surface area (Å²) in [5, 5.41) is 9.67. The first kappa shape index (κ1) is 13.9. The van der Waals surface area contributed by atoms with Gasteiger partial charge in [0.15, 0.2) is 17.3 Å². The summed E-state index contributed by atoms with van der Waals surface area (Å²) in [6, 6.07) is 5.01. The summed E-state index contributed by atoms with van der Waals surface area (Å²) in [6.45, 7) is 4.22. The Hall–Kier alpha value is -1.57. The van der Waals surface area contributed by atoms with Crippen LogP contribution in [0.2, 0.25) is 0 Å². The van der Waals surface area contributed by atoms with Crippen LogP contribution in [0.15, 0.2) is 18.2 Å². The summed E-state index contributed by atoms with van der Waals surface area (Å²) in [5.74, 6) is 1.49. The van der Waals surface area contributed by atoms with Crippen LogP contribution in [0.4, 0.5) is 5.82 Å². The lowest BCUT2D eigenvalue weighted by atomic mass is 10.2. The maximum absolute atomic E-state index is 9.67. The van der Waals surface area contributed by atoms with Gasteiger partial charge in [-0.3, -0.25) is 0 Å². The number of ether oxygens (including phenoxy) is 1. The summed E-state index contributed by atoms with van der Waals surface area (Å²) in [5.41, 5.74) is 7.43. The van der Waals surface area contributed by atoms with Crippen molar-refractivity contribution in [3.8, 4) is 22.9 Å². The molecule has 2 rings (SSSR count). The van der Waals surface area contributed by atoms with Gasteiger partial charge in [-0.15, -0.1) is 0 Å². The number of nitrogen functional groups attached to an aromatic ring is 1. The van der Waals surface area contributed by atoms with Crippen molar-refractivity contribution in [2.45, 2.75) is 13.8 Å². The molecule has 0 fully saturated rings. The summed E-state index contributed by atoms with van der Waals surface area (Å²) in [6.07, 6.45) is 0. The van der Waals surface area contributed by atoms with Gasteiger partial charge in [0.2, 0.25) is 0 Å². The predicted molar refractivity (Wildman–Crippen MR) is 82.2 cm³/mol. The van der Waals surface area contributed by atoms with Gasteiger partial charge in [0, 0.05) is 5.56 Å². The number of hydrogen-bond acceptors (Lipinski definition) is 5. The first-order valence-electron chi connectivity index (χ1n) is 5.78. The highest BCUT2D eigenvalue weighted by molar-refractivity contribution is 14.1. The zero-order valence-electron chi connectivity index (χ0n) is 10.6. The lowest BCUT2D eigenvalue weighted by molar-refractivity contribution is 0.318. The third kappa shape index (κ3) is 2.89. The van der Waals surface area contributed by atoms with Crippen LogP contribution in [-0.2, 0) is 0 Å². The number of hydrogen-bond donors (Lipinski definition) is 2. The van der Waals surface area contributed by atoms with Gasteiger partial charge in [0.05, 0.1) is 15.9 Å². The van der Waals surface area contributed by atoms with Gasteiger partial charge < -0.3 is 15.6 Å². The molecule has 0 saturated carbocycles. The van der Waals surface area contributed by atoms with E-state index in [1.165, 1.54) is 0 Å². The fourth-order valence-electron chi connectivity index (χ4n) is 1.63. The molecule has 0 spiro atoms. The van der Waals surface area contributed by atoms with E-state index in [0.29, 0.717) is 24.0 Å². The molecule has 2 aromatic rings. The predicted octanol–water partition coefficient (Wildman–Crippen LogP) is 2.74. The molecule has 1 heterocycles. The fourth-order valence-corrected chi connectivity index (χ4v) is 1.88. The Morgan fingerprint density at radius 2 is 2.11 bits per heavy atom. The molecule has 1 aromatic heterocycles. The summed E-state index contributed by atoms with van der Waals surface area (Å²) in [4.78, 5) is 8.66. The molecule has 0 bridgehead atoms. The molecular formula is C13H14IN3O2. The maximum Gasteiger partial charge on any atom is 0.161 e. The first-order valence-corrected chi connectivity index (χ1v) is 6.86. The quantitative estimate of drug-likeness (QED) is 0.811. The van der Waals surface area contributed by atoms with E-state index in [-0.39, 0.29) is 5.75 Å². The smallest absolute Gasteiger partial charge is 0.161 e. The number of aryl methyl sites for hydroxylation is 1. The SMILES string of the molecule is CCOc1cc(-c2nc(C)c(I)c(N)n2)ccc1O. The van der Waals surface area contributed by atoms with Crippen LogP contribution in [0.1, 0.15) is 12.6 Å². The second-order valence-electron chi connectivity index (χ2n) is 3.95. The van der Waals surface area contributed by atoms with Crippen molar-refractivity contribution in [3.63, 3.8) is 0 Å². The van der Waals surface area contributed by atoms with Gasteiger partial charge in [0.25, 0.3) is 0 Å². The Bertz CT molecular complexity index is 594. The van der Waals surface area contributed by atoms with Crippen molar-refractivity contribution in [1.29, 1.82) is 0 Å². The highest BCUT2D eigenvalue weighted by Gasteiger charge is 2.11. The molecule has 0 aliphatic heterocycles. The van der Waals surface area contributed by atoms with E-state index in [1.807, 2.05) is 13.8 Å². The van der Waals surface area contributed by atoms with E-state index in [1.54, 1.807) is 18.2 Å². The molecule has 0 amide bonds. The van der Waals surface area contributed by atoms with E-state index in [0.717, 1.165) is 14.8 Å². The van der Waals surface area contributed by atoms with E-state index in [4.69, 9.17) is 10.5 Å². The van der Waals surface area contributed by atoms with E-state index in [9.17, 15) is 5.11 Å². The van der Waals surface area contributed by atoms with E-state index in [2.05, 4.69) is 32.6 Å². The molecule has 0 aliphatic rings. The number of benzene rings is 1. The molecule has 6 heteroatoms. The second-order valence-corrected chi connectivity index (χ2v) is 5.03. The van der Waals surface area contributed by atoms with Crippen LogP contribution in [0.5, 0.6) is 11.5 Å². The monoisotopic (exact) mass is 371 g/mol. The van der Waals surface area contributed by atoms with E-state index >= 15 is 0 Å². The van der Waals surface area contributed by atoms with Crippen molar-refractivity contribution >= 4 is 28.4 Å². The highest BCUT2D eigenvalue weighted by atomic mass is 127. The van der Waals surface area contributed by atoms with Crippen LogP contribution in [0, 0.1) is 10.5 Å². The molecule has 5 nitrogen and oxygen atoms in total. The lowest BCUT2D eigenvalue weighted by Gasteiger charge is -2.09. The van der Waals surface area contributed by atoms with Gasteiger partial charge in [-0.05, 0) is 54.6 Å². The third-order valence-electron chi connectivity index (χ3n) is 2.56. The molecule has 0 saturated heterocycles. The molecule has 0 radical (unpaired) electrons. The van der Waals surface area contributed by atoms with Crippen molar-refractivity contribution in [2.75, 3.05) is 12.3 Å². The van der Waals surface area contributed by atoms with Crippen molar-refractivity contribution in [2.24, 2.45) is 0 Å². The molecule has 100 valence electrons. The average molecular weight is 371 g/mol. The van der Waals surface area contributed by atoms with Crippen molar-refractivity contribution in [1.82, 2.24) is 9.97 Å². The number of phenolic OH excluding ortho intramolecular Hbond substituents is 1. The molecule has 0 unspecified atom stereocenters. The number of halogens is 1. The second kappa shape index (κ2) is 5.60. The van der Waals surface area contributed by atoms with E-state index < -0.39 is 0 Å². The number of nitrogens with zero attached hydrogens (tertiary/aromatic N) is 2. The molecule has 0 aliphatic carbocycles. The number of anilines is 1. The minimum Gasteiger partial charge on any atom is -0.504 e. The average Bonchev–Trinajstić information content (AvgIpc) is 2.38. The number of aromatic hydroxyl groups is 1. The Morgan fingerprint density at radius 3 is 2.74 bits per heavy atom. The fraction of sp³-hybridized carbons (Fsp3) is 0.231. The molecule has 1 aromatic carbocycles. The van der Waals surface area contributed by atoms with Crippen molar-refractivity contribution < 1.29 is 9.84 Å². The number of nitrogens with two attached hydrogens (primary N) is 1. The summed E-state index contributed by atoms with van der Waals surface area (Å²) in [7, 11) is 0. The molecule has 19 heavy (non-hydrogen) atoms. The standard InChI is InChI=1S/C13H14IN3O2/c1-3-19-10-6-8(4-5-9(10)18)13-16-7(2)11(14)12(15)17-13/h4-6,18H,3H2,1-2H3,(H2,15,16,17). The van der Waals surface area contributed by atoms with Crippen LogP contribution in [0.3, 0.4) is 0 Å². The largest absolute Gasteiger partial charge is 0.504 e. The Balaban J connectivity index is 2.50. The van der Waals surface area contributed by atoms with Crippen LogP contribution in [-0.4, -0.2) is 21.7 Å². The van der Waals surface area contributed by atoms with Crippen molar-refractivity contribution in [3.05, 3.63) is 27.5 Å². The minimum absolute atomic E-state index is 0.0980. The molecular weight excluding hydrogens is 357 g/mol. The Kier molecular flexibility index (Phi) is 4.08. The number of aromatic nitrogens is 2. The normalized spacial score (nSPS) is 10.5. The van der Waals surface area contributed by atoms with Gasteiger partial charge in [-0.2, -0.15) is 0 Å². The number of phenols is 1. The zero-order chi connectivity index (χ0) is 14.0. The van der Waals surface area contributed by atoms with Crippen LogP contribution >= 0.6 is 22.6 Å². The summed E-state index contributed by atoms with van der Waals surface area (Å²) < 4.78 is 6.20. The first-order chi connectivity index (χ1) is 9.02. The van der Waals surface area contributed by atoms with Gasteiger partial charge in [-0.25, -0.2) is 9.97 Å². The molecule has 3 N–H and O–H groups in total. The number of rotatable bonds is 3. The van der Waals surface area contributed by atoms with Crippen LogP contribution < -0.4 is 10.5 Å². The minimum atomic E-state index is 0.0980.